The highest BCUT2D eigenvalue weighted by Gasteiger charge is 2.31. The topological polar surface area (TPSA) is 107 Å². The van der Waals surface area contributed by atoms with E-state index >= 15 is 0 Å². The van der Waals surface area contributed by atoms with E-state index in [9.17, 15) is 13.5 Å². The van der Waals surface area contributed by atoms with Crippen molar-refractivity contribution < 1.29 is 18.3 Å². The van der Waals surface area contributed by atoms with E-state index in [0.717, 1.165) is 5.69 Å². The van der Waals surface area contributed by atoms with E-state index in [1.165, 1.54) is 15.4 Å². The first-order chi connectivity index (χ1) is 14.5. The third kappa shape index (κ3) is 4.08. The van der Waals surface area contributed by atoms with Crippen LogP contribution in [0.2, 0.25) is 0 Å². The van der Waals surface area contributed by atoms with Crippen LogP contribution in [0.5, 0.6) is 0 Å². The molecule has 1 fully saturated rings. The Morgan fingerprint density at radius 2 is 1.87 bits per heavy atom. The largest absolute Gasteiger partial charge is 0.379 e. The summed E-state index contributed by atoms with van der Waals surface area (Å²) < 4.78 is 32.3. The average Bonchev–Trinajstić information content (AvgIpc) is 3.07. The lowest BCUT2D eigenvalue weighted by Gasteiger charge is -2.26. The van der Waals surface area contributed by atoms with E-state index in [4.69, 9.17) is 4.74 Å². The van der Waals surface area contributed by atoms with Crippen molar-refractivity contribution in [2.75, 3.05) is 36.7 Å². The number of sulfonamides is 1. The molecular formula is C20H23N5O4S. The Kier molecular flexibility index (Phi) is 5.82. The second-order valence-corrected chi connectivity index (χ2v) is 8.83. The number of ether oxygens (including phenoxy) is 1. The maximum atomic E-state index is 12.8. The van der Waals surface area contributed by atoms with Crippen LogP contribution in [0.4, 0.5) is 11.4 Å². The zero-order valence-corrected chi connectivity index (χ0v) is 17.3. The van der Waals surface area contributed by atoms with E-state index in [-0.39, 0.29) is 4.90 Å². The monoisotopic (exact) mass is 429 g/mol. The summed E-state index contributed by atoms with van der Waals surface area (Å²) in [7, 11) is -3.60. The number of aliphatic hydroxyl groups is 1. The van der Waals surface area contributed by atoms with Crippen molar-refractivity contribution in [3.8, 4) is 0 Å². The van der Waals surface area contributed by atoms with Crippen LogP contribution in [0, 0.1) is 0 Å². The summed E-state index contributed by atoms with van der Waals surface area (Å²) in [5.74, 6) is 0. The number of nitrogens with zero attached hydrogens (tertiary/aromatic N) is 4. The zero-order chi connectivity index (χ0) is 21.1. The van der Waals surface area contributed by atoms with Gasteiger partial charge in [-0.05, 0) is 37.3 Å². The predicted molar refractivity (Wildman–Crippen MR) is 115 cm³/mol. The number of hydrogen-bond donors (Lipinski definition) is 2. The van der Waals surface area contributed by atoms with Crippen molar-refractivity contribution in [1.29, 1.82) is 0 Å². The molecule has 158 valence electrons. The van der Waals surface area contributed by atoms with Gasteiger partial charge in [0.2, 0.25) is 10.0 Å². The third-order valence-electron chi connectivity index (χ3n) is 4.87. The van der Waals surface area contributed by atoms with Gasteiger partial charge in [-0.15, -0.1) is 0 Å². The number of para-hydroxylation sites is 1. The quantitative estimate of drug-likeness (QED) is 0.701. The molecule has 2 heterocycles. The van der Waals surface area contributed by atoms with Crippen LogP contribution in [0.25, 0.3) is 0 Å². The van der Waals surface area contributed by atoms with Crippen molar-refractivity contribution in [3.63, 3.8) is 0 Å². The molecule has 0 aliphatic carbocycles. The van der Waals surface area contributed by atoms with Gasteiger partial charge in [-0.2, -0.15) is 14.5 Å². The molecular weight excluding hydrogens is 406 g/mol. The highest BCUT2D eigenvalue weighted by Crippen LogP contribution is 2.23. The molecule has 0 spiro atoms. The molecule has 1 saturated heterocycles. The first-order valence-electron chi connectivity index (χ1n) is 9.56. The van der Waals surface area contributed by atoms with Gasteiger partial charge in [0.05, 0.1) is 35.2 Å². The standard InChI is InChI=1S/C20H23N5O4S/c1-15-19(20(26)25(23-15)17-7-3-2-4-8-17)22-21-16-6-5-9-18(14-16)30(27,28)24-10-12-29-13-11-24/h2-9,14,20-21,26H,10-13H2,1H3/b22-19-. The van der Waals surface area contributed by atoms with E-state index in [1.807, 2.05) is 30.3 Å². The summed E-state index contributed by atoms with van der Waals surface area (Å²) in [6.07, 6.45) is -1.04. The summed E-state index contributed by atoms with van der Waals surface area (Å²) >= 11 is 0. The van der Waals surface area contributed by atoms with Crippen LogP contribution in [0.3, 0.4) is 0 Å². The van der Waals surface area contributed by atoms with E-state index in [0.29, 0.717) is 43.4 Å². The molecule has 2 aromatic carbocycles. The smallest absolute Gasteiger partial charge is 0.243 e. The molecule has 0 saturated carbocycles. The fourth-order valence-electron chi connectivity index (χ4n) is 3.28. The minimum Gasteiger partial charge on any atom is -0.379 e. The molecule has 10 heteroatoms. The Morgan fingerprint density at radius 1 is 1.13 bits per heavy atom. The summed E-state index contributed by atoms with van der Waals surface area (Å²) in [6, 6.07) is 15.7. The second-order valence-electron chi connectivity index (χ2n) is 6.89. The maximum absolute atomic E-state index is 12.8. The molecule has 2 N–H and O–H groups in total. The van der Waals surface area contributed by atoms with Crippen LogP contribution in [0.1, 0.15) is 6.92 Å². The third-order valence-corrected chi connectivity index (χ3v) is 6.77. The number of rotatable bonds is 5. The Bertz CT molecular complexity index is 1070. The van der Waals surface area contributed by atoms with Crippen molar-refractivity contribution >= 4 is 32.8 Å². The number of hydrogen-bond acceptors (Lipinski definition) is 8. The fourth-order valence-corrected chi connectivity index (χ4v) is 4.73. The van der Waals surface area contributed by atoms with Crippen LogP contribution < -0.4 is 10.4 Å². The molecule has 0 radical (unpaired) electrons. The van der Waals surface area contributed by atoms with Gasteiger partial charge in [-0.1, -0.05) is 24.3 Å². The molecule has 0 bridgehead atoms. The van der Waals surface area contributed by atoms with Crippen molar-refractivity contribution in [1.82, 2.24) is 4.31 Å². The Hall–Kier alpha value is -2.79. The summed E-state index contributed by atoms with van der Waals surface area (Å²) in [5.41, 5.74) is 5.01. The molecule has 1 unspecified atom stereocenters. The molecule has 2 aromatic rings. The number of benzene rings is 2. The van der Waals surface area contributed by atoms with Gasteiger partial charge in [0.15, 0.2) is 6.23 Å². The Morgan fingerprint density at radius 3 is 2.60 bits per heavy atom. The Balaban J connectivity index is 1.52. The molecule has 9 nitrogen and oxygen atoms in total. The maximum Gasteiger partial charge on any atom is 0.243 e. The zero-order valence-electron chi connectivity index (χ0n) is 16.5. The van der Waals surface area contributed by atoms with E-state index in [2.05, 4.69) is 15.6 Å². The fraction of sp³-hybridized carbons (Fsp3) is 0.300. The van der Waals surface area contributed by atoms with E-state index in [1.54, 1.807) is 25.1 Å². The van der Waals surface area contributed by atoms with Gasteiger partial charge in [-0.3, -0.25) is 5.43 Å². The minimum atomic E-state index is -3.60. The molecule has 2 aliphatic heterocycles. The molecule has 0 aromatic heterocycles. The van der Waals surface area contributed by atoms with Crippen molar-refractivity contribution in [2.24, 2.45) is 10.2 Å². The highest BCUT2D eigenvalue weighted by molar-refractivity contribution is 7.89. The summed E-state index contributed by atoms with van der Waals surface area (Å²) in [6.45, 7) is 3.20. The number of nitrogens with one attached hydrogen (secondary N) is 1. The SMILES string of the molecule is CC1=NN(c2ccccc2)C(O)/C1=N\Nc1cccc(S(=O)(=O)N2CCOCC2)c1. The summed E-state index contributed by atoms with van der Waals surface area (Å²) in [4.78, 5) is 0.179. The van der Waals surface area contributed by atoms with Crippen LogP contribution in [0.15, 0.2) is 69.7 Å². The number of aliphatic hydroxyl groups excluding tert-OH is 1. The van der Waals surface area contributed by atoms with Crippen molar-refractivity contribution in [3.05, 3.63) is 54.6 Å². The lowest BCUT2D eigenvalue weighted by atomic mass is 10.2. The first kappa shape index (κ1) is 20.5. The first-order valence-corrected chi connectivity index (χ1v) is 11.0. The summed E-state index contributed by atoms with van der Waals surface area (Å²) in [5, 5.41) is 20.8. The van der Waals surface area contributed by atoms with Crippen LogP contribution in [-0.2, 0) is 14.8 Å². The van der Waals surface area contributed by atoms with Gasteiger partial charge in [-0.25, -0.2) is 13.4 Å². The lowest BCUT2D eigenvalue weighted by Crippen LogP contribution is -2.40. The molecule has 30 heavy (non-hydrogen) atoms. The molecule has 2 aliphatic rings. The minimum absolute atomic E-state index is 0.179. The normalized spacial score (nSPS) is 21.7. The van der Waals surface area contributed by atoms with Gasteiger partial charge in [0.25, 0.3) is 0 Å². The second kappa shape index (κ2) is 8.52. The highest BCUT2D eigenvalue weighted by atomic mass is 32.2. The number of anilines is 2. The van der Waals surface area contributed by atoms with Crippen LogP contribution in [-0.4, -0.2) is 61.8 Å². The van der Waals surface area contributed by atoms with Crippen molar-refractivity contribution in [2.45, 2.75) is 18.0 Å². The predicted octanol–water partition coefficient (Wildman–Crippen LogP) is 1.69. The van der Waals surface area contributed by atoms with Crippen LogP contribution >= 0.6 is 0 Å². The van der Waals surface area contributed by atoms with Gasteiger partial charge >= 0.3 is 0 Å². The van der Waals surface area contributed by atoms with E-state index < -0.39 is 16.3 Å². The number of hydrazone groups is 2. The molecule has 1 atom stereocenters. The lowest BCUT2D eigenvalue weighted by molar-refractivity contribution is 0.0730. The number of morpholine rings is 1. The molecule has 4 rings (SSSR count). The van der Waals surface area contributed by atoms with Gasteiger partial charge < -0.3 is 9.84 Å². The molecule has 0 amide bonds. The average molecular weight is 430 g/mol. The van der Waals surface area contributed by atoms with Gasteiger partial charge in [0, 0.05) is 13.1 Å². The van der Waals surface area contributed by atoms with Gasteiger partial charge in [0.1, 0.15) is 5.71 Å². The Labute approximate surface area is 175 Å².